The lowest BCUT2D eigenvalue weighted by Gasteiger charge is -1.98. The molecule has 0 saturated heterocycles. The van der Waals surface area contributed by atoms with Crippen molar-refractivity contribution < 1.29 is 9.53 Å². The van der Waals surface area contributed by atoms with Gasteiger partial charge >= 0.3 is 0 Å². The van der Waals surface area contributed by atoms with Gasteiger partial charge in [0.15, 0.2) is 5.76 Å². The third-order valence-electron chi connectivity index (χ3n) is 1.61. The first-order valence-corrected chi connectivity index (χ1v) is 3.38. The van der Waals surface area contributed by atoms with Gasteiger partial charge in [0, 0.05) is 5.92 Å². The number of amides is 1. The predicted molar refractivity (Wildman–Crippen MR) is 37.0 cm³/mol. The third kappa shape index (κ3) is 1.29. The predicted octanol–water partition coefficient (Wildman–Crippen LogP) is 0.412. The van der Waals surface area contributed by atoms with E-state index in [1.54, 1.807) is 6.08 Å². The van der Waals surface area contributed by atoms with Gasteiger partial charge in [0.2, 0.25) is 0 Å². The van der Waals surface area contributed by atoms with Crippen LogP contribution in [0.15, 0.2) is 11.8 Å². The van der Waals surface area contributed by atoms with E-state index in [1.807, 2.05) is 0 Å². The van der Waals surface area contributed by atoms with Gasteiger partial charge in [0.1, 0.15) is 0 Å². The number of ether oxygens (including phenoxy) is 1. The van der Waals surface area contributed by atoms with Crippen LogP contribution in [0.2, 0.25) is 0 Å². The van der Waals surface area contributed by atoms with Crippen LogP contribution < -0.4 is 5.73 Å². The summed E-state index contributed by atoms with van der Waals surface area (Å²) in [6, 6.07) is 0. The summed E-state index contributed by atoms with van der Waals surface area (Å²) in [5.41, 5.74) is 4.98. The maximum absolute atomic E-state index is 10.5. The molecule has 1 unspecified atom stereocenters. The van der Waals surface area contributed by atoms with E-state index in [9.17, 15) is 4.79 Å². The lowest BCUT2D eigenvalue weighted by Crippen LogP contribution is -2.13. The largest absolute Gasteiger partial charge is 0.488 e. The van der Waals surface area contributed by atoms with E-state index in [4.69, 9.17) is 10.5 Å². The highest BCUT2D eigenvalue weighted by atomic mass is 16.5. The van der Waals surface area contributed by atoms with Crippen molar-refractivity contribution in [2.45, 2.75) is 13.3 Å². The molecule has 0 spiro atoms. The molecular formula is C7H11NO2. The summed E-state index contributed by atoms with van der Waals surface area (Å²) in [4.78, 5) is 10.5. The third-order valence-corrected chi connectivity index (χ3v) is 1.61. The SMILES string of the molecule is CCC1C=C(C(N)=O)OC1. The van der Waals surface area contributed by atoms with E-state index >= 15 is 0 Å². The second-order valence-corrected chi connectivity index (χ2v) is 2.37. The van der Waals surface area contributed by atoms with Gasteiger partial charge in [0.05, 0.1) is 6.61 Å². The molecule has 0 aliphatic carbocycles. The molecule has 1 rings (SSSR count). The van der Waals surface area contributed by atoms with E-state index in [1.165, 1.54) is 0 Å². The number of hydrogen-bond acceptors (Lipinski definition) is 2. The van der Waals surface area contributed by atoms with Gasteiger partial charge in [-0.15, -0.1) is 0 Å². The van der Waals surface area contributed by atoms with Crippen LogP contribution in [0.25, 0.3) is 0 Å². The molecule has 0 saturated carbocycles. The molecule has 1 aliphatic rings. The highest BCUT2D eigenvalue weighted by Gasteiger charge is 2.18. The molecule has 0 aromatic heterocycles. The Balaban J connectivity index is 2.57. The van der Waals surface area contributed by atoms with Crippen LogP contribution in [0.3, 0.4) is 0 Å². The smallest absolute Gasteiger partial charge is 0.283 e. The summed E-state index contributed by atoms with van der Waals surface area (Å²) in [6.07, 6.45) is 2.79. The molecule has 1 heterocycles. The van der Waals surface area contributed by atoms with Crippen LogP contribution in [0.1, 0.15) is 13.3 Å². The lowest BCUT2D eigenvalue weighted by atomic mass is 10.1. The monoisotopic (exact) mass is 141 g/mol. The molecule has 0 fully saturated rings. The van der Waals surface area contributed by atoms with Gasteiger partial charge in [0.25, 0.3) is 5.91 Å². The van der Waals surface area contributed by atoms with E-state index in [0.29, 0.717) is 18.3 Å². The maximum atomic E-state index is 10.5. The minimum Gasteiger partial charge on any atom is -0.488 e. The van der Waals surface area contributed by atoms with Gasteiger partial charge in [-0.3, -0.25) is 4.79 Å². The Hall–Kier alpha value is -0.990. The number of hydrogen-bond donors (Lipinski definition) is 1. The average Bonchev–Trinajstić information content (AvgIpc) is 2.34. The summed E-state index contributed by atoms with van der Waals surface area (Å²) >= 11 is 0. The summed E-state index contributed by atoms with van der Waals surface area (Å²) in [7, 11) is 0. The van der Waals surface area contributed by atoms with Gasteiger partial charge in [-0.1, -0.05) is 6.92 Å². The number of carbonyl (C=O) groups excluding carboxylic acids is 1. The van der Waals surface area contributed by atoms with Gasteiger partial charge in [-0.25, -0.2) is 0 Å². The Labute approximate surface area is 59.8 Å². The van der Waals surface area contributed by atoms with Crippen LogP contribution in [0.4, 0.5) is 0 Å². The van der Waals surface area contributed by atoms with Crippen LogP contribution in [-0.4, -0.2) is 12.5 Å². The van der Waals surface area contributed by atoms with Crippen LogP contribution in [0.5, 0.6) is 0 Å². The number of primary amides is 1. The number of nitrogens with two attached hydrogens (primary N) is 1. The standard InChI is InChI=1S/C7H11NO2/c1-2-5-3-6(7(8)9)10-4-5/h3,5H,2,4H2,1H3,(H2,8,9). The molecule has 1 aliphatic heterocycles. The Bertz CT molecular complexity index is 174. The Morgan fingerprint density at radius 1 is 2.00 bits per heavy atom. The van der Waals surface area contributed by atoms with Crippen LogP contribution >= 0.6 is 0 Å². The van der Waals surface area contributed by atoms with Crippen molar-refractivity contribution in [1.82, 2.24) is 0 Å². The van der Waals surface area contributed by atoms with E-state index in [-0.39, 0.29) is 0 Å². The topological polar surface area (TPSA) is 52.3 Å². The van der Waals surface area contributed by atoms with Crippen molar-refractivity contribution in [3.63, 3.8) is 0 Å². The molecule has 0 radical (unpaired) electrons. The fourth-order valence-corrected chi connectivity index (χ4v) is 0.896. The molecule has 10 heavy (non-hydrogen) atoms. The van der Waals surface area contributed by atoms with Crippen molar-refractivity contribution in [2.75, 3.05) is 6.61 Å². The number of rotatable bonds is 2. The molecule has 1 atom stereocenters. The van der Waals surface area contributed by atoms with Gasteiger partial charge in [-0.2, -0.15) is 0 Å². The molecule has 1 amide bonds. The first kappa shape index (κ1) is 7.12. The minimum absolute atomic E-state index is 0.326. The van der Waals surface area contributed by atoms with Crippen molar-refractivity contribution in [3.8, 4) is 0 Å². The first-order valence-electron chi connectivity index (χ1n) is 3.38. The summed E-state index contributed by atoms with van der Waals surface area (Å²) in [5.74, 6) is 0.241. The quantitative estimate of drug-likeness (QED) is 0.605. The molecule has 0 bridgehead atoms. The molecule has 3 nitrogen and oxygen atoms in total. The number of carbonyl (C=O) groups is 1. The van der Waals surface area contributed by atoms with Gasteiger partial charge in [-0.05, 0) is 12.5 Å². The zero-order valence-electron chi connectivity index (χ0n) is 5.96. The Morgan fingerprint density at radius 3 is 3.00 bits per heavy atom. The molecule has 0 aromatic carbocycles. The Morgan fingerprint density at radius 2 is 2.70 bits per heavy atom. The fourth-order valence-electron chi connectivity index (χ4n) is 0.896. The first-order chi connectivity index (χ1) is 4.74. The second-order valence-electron chi connectivity index (χ2n) is 2.37. The summed E-state index contributed by atoms with van der Waals surface area (Å²) in [5, 5.41) is 0. The average molecular weight is 141 g/mol. The lowest BCUT2D eigenvalue weighted by molar-refractivity contribution is -0.117. The van der Waals surface area contributed by atoms with Gasteiger partial charge < -0.3 is 10.5 Å². The highest BCUT2D eigenvalue weighted by Crippen LogP contribution is 2.17. The zero-order valence-corrected chi connectivity index (χ0v) is 5.96. The summed E-state index contributed by atoms with van der Waals surface area (Å²) < 4.78 is 5.00. The molecule has 56 valence electrons. The zero-order chi connectivity index (χ0) is 7.56. The molecule has 0 aromatic rings. The van der Waals surface area contributed by atoms with Crippen LogP contribution in [0, 0.1) is 5.92 Å². The summed E-state index contributed by atoms with van der Waals surface area (Å²) in [6.45, 7) is 2.66. The molecule has 3 heteroatoms. The molecular weight excluding hydrogens is 130 g/mol. The van der Waals surface area contributed by atoms with Crippen molar-refractivity contribution >= 4 is 5.91 Å². The normalized spacial score (nSPS) is 23.7. The fraction of sp³-hybridized carbons (Fsp3) is 0.571. The van der Waals surface area contributed by atoms with Crippen molar-refractivity contribution in [3.05, 3.63) is 11.8 Å². The Kier molecular flexibility index (Phi) is 1.94. The minimum atomic E-state index is -0.462. The van der Waals surface area contributed by atoms with E-state index in [2.05, 4.69) is 6.92 Å². The second kappa shape index (κ2) is 2.73. The maximum Gasteiger partial charge on any atom is 0.283 e. The van der Waals surface area contributed by atoms with E-state index < -0.39 is 5.91 Å². The van der Waals surface area contributed by atoms with Crippen LogP contribution in [-0.2, 0) is 9.53 Å². The molecule has 2 N–H and O–H groups in total. The van der Waals surface area contributed by atoms with E-state index in [0.717, 1.165) is 6.42 Å². The van der Waals surface area contributed by atoms with Crippen molar-refractivity contribution in [1.29, 1.82) is 0 Å². The van der Waals surface area contributed by atoms with Crippen molar-refractivity contribution in [2.24, 2.45) is 11.7 Å². The highest BCUT2D eigenvalue weighted by molar-refractivity contribution is 5.90.